The van der Waals surface area contributed by atoms with Crippen LogP contribution in [-0.2, 0) is 0 Å². The SMILES string of the molecule is CC(C=CC1=C(C)CCCC1(C)C)=CC=CC(C)=CC=NO. The molecule has 1 rings (SSSR count). The summed E-state index contributed by atoms with van der Waals surface area (Å²) >= 11 is 0. The zero-order valence-corrected chi connectivity index (χ0v) is 14.6. The lowest BCUT2D eigenvalue weighted by Crippen LogP contribution is -2.19. The second-order valence-corrected chi connectivity index (χ2v) is 6.71. The summed E-state index contributed by atoms with van der Waals surface area (Å²) in [6.45, 7) is 11.0. The molecular weight excluding hydrogens is 270 g/mol. The normalized spacial score (nSPS) is 20.8. The third-order valence-electron chi connectivity index (χ3n) is 4.18. The van der Waals surface area contributed by atoms with Crippen molar-refractivity contribution in [1.82, 2.24) is 0 Å². The first-order valence-corrected chi connectivity index (χ1v) is 7.94. The van der Waals surface area contributed by atoms with Gasteiger partial charge in [-0.1, -0.05) is 60.5 Å². The molecule has 0 unspecified atom stereocenters. The Bertz CT molecular complexity index is 554. The topological polar surface area (TPSA) is 32.6 Å². The molecule has 1 N–H and O–H groups in total. The molecule has 0 saturated heterocycles. The monoisotopic (exact) mass is 299 g/mol. The number of rotatable bonds is 5. The van der Waals surface area contributed by atoms with E-state index in [2.05, 4.69) is 51.1 Å². The van der Waals surface area contributed by atoms with E-state index in [-0.39, 0.29) is 5.41 Å². The molecule has 0 aromatic carbocycles. The van der Waals surface area contributed by atoms with Crippen LogP contribution >= 0.6 is 0 Å². The molecule has 0 heterocycles. The smallest absolute Gasteiger partial charge is 0.0664 e. The number of nitrogens with zero attached hydrogens (tertiary/aromatic N) is 1. The van der Waals surface area contributed by atoms with Crippen LogP contribution in [0.15, 0.2) is 63.9 Å². The maximum atomic E-state index is 8.36. The van der Waals surface area contributed by atoms with Crippen LogP contribution < -0.4 is 0 Å². The van der Waals surface area contributed by atoms with Crippen molar-refractivity contribution in [3.63, 3.8) is 0 Å². The van der Waals surface area contributed by atoms with Gasteiger partial charge in [0.2, 0.25) is 0 Å². The van der Waals surface area contributed by atoms with Crippen LogP contribution in [0.5, 0.6) is 0 Å². The average Bonchev–Trinajstić information content (AvgIpc) is 2.43. The van der Waals surface area contributed by atoms with Crippen molar-refractivity contribution in [2.75, 3.05) is 0 Å². The van der Waals surface area contributed by atoms with Crippen molar-refractivity contribution < 1.29 is 5.21 Å². The van der Waals surface area contributed by atoms with E-state index < -0.39 is 0 Å². The highest BCUT2D eigenvalue weighted by molar-refractivity contribution is 5.72. The van der Waals surface area contributed by atoms with Gasteiger partial charge in [-0.2, -0.15) is 0 Å². The van der Waals surface area contributed by atoms with Gasteiger partial charge in [-0.25, -0.2) is 0 Å². The predicted octanol–water partition coefficient (Wildman–Crippen LogP) is 5.98. The van der Waals surface area contributed by atoms with Gasteiger partial charge in [-0.3, -0.25) is 0 Å². The highest BCUT2D eigenvalue weighted by Crippen LogP contribution is 2.40. The summed E-state index contributed by atoms with van der Waals surface area (Å²) in [7, 11) is 0. The molecule has 0 fully saturated rings. The minimum absolute atomic E-state index is 0.290. The van der Waals surface area contributed by atoms with Gasteiger partial charge in [0.1, 0.15) is 0 Å². The van der Waals surface area contributed by atoms with Gasteiger partial charge in [-0.15, -0.1) is 0 Å². The van der Waals surface area contributed by atoms with Crippen molar-refractivity contribution in [2.45, 2.75) is 53.9 Å². The lowest BCUT2D eigenvalue weighted by Gasteiger charge is -2.32. The van der Waals surface area contributed by atoms with Gasteiger partial charge in [-0.05, 0) is 62.7 Å². The van der Waals surface area contributed by atoms with E-state index in [0.29, 0.717) is 0 Å². The van der Waals surface area contributed by atoms with Crippen molar-refractivity contribution >= 4 is 6.21 Å². The van der Waals surface area contributed by atoms with Crippen LogP contribution in [0.25, 0.3) is 0 Å². The number of oxime groups is 1. The van der Waals surface area contributed by atoms with Crippen LogP contribution in [0, 0.1) is 5.41 Å². The van der Waals surface area contributed by atoms with E-state index in [9.17, 15) is 0 Å². The van der Waals surface area contributed by atoms with Gasteiger partial charge in [0.05, 0.1) is 6.21 Å². The van der Waals surface area contributed by atoms with Crippen LogP contribution in [0.2, 0.25) is 0 Å². The summed E-state index contributed by atoms with van der Waals surface area (Å²) in [6.07, 6.45) is 17.5. The molecule has 1 aliphatic rings. The molecule has 0 aliphatic heterocycles. The van der Waals surface area contributed by atoms with Crippen molar-refractivity contribution in [3.8, 4) is 0 Å². The first-order valence-electron chi connectivity index (χ1n) is 7.94. The average molecular weight is 299 g/mol. The Labute approximate surface area is 135 Å². The van der Waals surface area contributed by atoms with Gasteiger partial charge >= 0.3 is 0 Å². The Kier molecular flexibility index (Phi) is 7.10. The lowest BCUT2D eigenvalue weighted by molar-refractivity contribution is 0.322. The third-order valence-corrected chi connectivity index (χ3v) is 4.18. The van der Waals surface area contributed by atoms with E-state index in [1.54, 1.807) is 6.08 Å². The zero-order valence-electron chi connectivity index (χ0n) is 14.6. The maximum Gasteiger partial charge on any atom is 0.0664 e. The van der Waals surface area contributed by atoms with Crippen molar-refractivity contribution in [1.29, 1.82) is 0 Å². The fourth-order valence-corrected chi connectivity index (χ4v) is 2.84. The fraction of sp³-hybridized carbons (Fsp3) is 0.450. The Morgan fingerprint density at radius 3 is 2.45 bits per heavy atom. The van der Waals surface area contributed by atoms with E-state index in [0.717, 1.165) is 5.57 Å². The molecule has 0 bridgehead atoms. The summed E-state index contributed by atoms with van der Waals surface area (Å²) in [5, 5.41) is 11.3. The quantitative estimate of drug-likeness (QED) is 0.288. The van der Waals surface area contributed by atoms with E-state index >= 15 is 0 Å². The summed E-state index contributed by atoms with van der Waals surface area (Å²) < 4.78 is 0. The molecular formula is C20H29NO. The Hall–Kier alpha value is -1.83. The molecule has 0 saturated carbocycles. The van der Waals surface area contributed by atoms with Crippen LogP contribution in [-0.4, -0.2) is 11.4 Å². The summed E-state index contributed by atoms with van der Waals surface area (Å²) in [5.41, 5.74) is 5.57. The minimum atomic E-state index is 0.290. The molecule has 0 aromatic rings. The highest BCUT2D eigenvalue weighted by atomic mass is 16.4. The fourth-order valence-electron chi connectivity index (χ4n) is 2.84. The van der Waals surface area contributed by atoms with Gasteiger partial charge in [0.25, 0.3) is 0 Å². The second kappa shape index (κ2) is 8.57. The summed E-state index contributed by atoms with van der Waals surface area (Å²) in [6, 6.07) is 0. The van der Waals surface area contributed by atoms with E-state index in [1.807, 2.05) is 19.1 Å². The summed E-state index contributed by atoms with van der Waals surface area (Å²) in [4.78, 5) is 0. The van der Waals surface area contributed by atoms with Gasteiger partial charge in [0.15, 0.2) is 0 Å². The highest BCUT2D eigenvalue weighted by Gasteiger charge is 2.26. The van der Waals surface area contributed by atoms with Crippen LogP contribution in [0.1, 0.15) is 53.9 Å². The van der Waals surface area contributed by atoms with Crippen molar-refractivity contribution in [2.24, 2.45) is 10.6 Å². The molecule has 2 nitrogen and oxygen atoms in total. The second-order valence-electron chi connectivity index (χ2n) is 6.71. The molecule has 22 heavy (non-hydrogen) atoms. The first kappa shape index (κ1) is 18.2. The molecule has 0 amide bonds. The van der Waals surface area contributed by atoms with E-state index in [4.69, 9.17) is 5.21 Å². The first-order chi connectivity index (χ1) is 10.4. The molecule has 120 valence electrons. The third kappa shape index (κ3) is 5.88. The number of allylic oxidation sites excluding steroid dienone is 10. The standard InChI is InChI=1S/C20H29NO/c1-16(8-6-9-17(2)13-15-21-22)11-12-19-18(3)10-7-14-20(19,4)5/h6,8-9,11-13,15,22H,7,10,14H2,1-5H3. The largest absolute Gasteiger partial charge is 0.411 e. The maximum absolute atomic E-state index is 8.36. The van der Waals surface area contributed by atoms with Crippen LogP contribution in [0.3, 0.4) is 0 Å². The predicted molar refractivity (Wildman–Crippen MR) is 96.4 cm³/mol. The van der Waals surface area contributed by atoms with Gasteiger partial charge < -0.3 is 5.21 Å². The minimum Gasteiger partial charge on any atom is -0.411 e. The molecule has 0 spiro atoms. The molecule has 1 aliphatic carbocycles. The number of hydrogen-bond acceptors (Lipinski definition) is 2. The molecule has 0 radical (unpaired) electrons. The summed E-state index contributed by atoms with van der Waals surface area (Å²) in [5.74, 6) is 0. The zero-order chi connectivity index (χ0) is 16.6. The van der Waals surface area contributed by atoms with E-state index in [1.165, 1.54) is 42.2 Å². The molecule has 0 aromatic heterocycles. The van der Waals surface area contributed by atoms with Crippen LogP contribution in [0.4, 0.5) is 0 Å². The Morgan fingerprint density at radius 1 is 1.14 bits per heavy atom. The Balaban J connectivity index is 2.77. The van der Waals surface area contributed by atoms with Crippen molar-refractivity contribution in [3.05, 3.63) is 58.7 Å². The van der Waals surface area contributed by atoms with Gasteiger partial charge in [0, 0.05) is 0 Å². The Morgan fingerprint density at radius 2 is 1.82 bits per heavy atom. The molecule has 0 atom stereocenters. The molecule has 2 heteroatoms. The number of hydrogen-bond donors (Lipinski definition) is 1. The lowest BCUT2D eigenvalue weighted by atomic mass is 9.72.